The largest absolute Gasteiger partial charge is 0.647 e. The molecule has 0 radical (unpaired) electrons. The van der Waals surface area contributed by atoms with E-state index in [0.717, 1.165) is 54.6 Å². The standard InChI is InChI=1S/C21H12N3O13P/c25-10-13-1-4-19(16(7-13)22(28)29)35-38(34,36-20-5-2-14(11-26)8-17(20)23(30)31)37-21-6-3-15(12-27)9-18(21)24(32)33/h1-12H. The van der Waals surface area contributed by atoms with Gasteiger partial charge in [-0.3, -0.25) is 44.7 Å². The minimum Gasteiger partial charge on any atom is -0.379 e. The minimum atomic E-state index is -5.33. The highest BCUT2D eigenvalue weighted by Gasteiger charge is 2.40. The Labute approximate surface area is 210 Å². The molecule has 0 unspecified atom stereocenters. The van der Waals surface area contributed by atoms with Gasteiger partial charge in [0, 0.05) is 34.9 Å². The average Bonchev–Trinajstić information content (AvgIpc) is 2.88. The van der Waals surface area contributed by atoms with Gasteiger partial charge in [0.2, 0.25) is 17.2 Å². The van der Waals surface area contributed by atoms with E-state index in [1.165, 1.54) is 0 Å². The first kappa shape index (κ1) is 27.1. The molecule has 0 aromatic heterocycles. The first-order chi connectivity index (χ1) is 18.0. The normalized spacial score (nSPS) is 10.6. The second-order valence-electron chi connectivity index (χ2n) is 7.03. The van der Waals surface area contributed by atoms with E-state index < -0.39 is 56.9 Å². The third-order valence-corrected chi connectivity index (χ3v) is 5.84. The van der Waals surface area contributed by atoms with Gasteiger partial charge in [-0.05, 0) is 36.4 Å². The van der Waals surface area contributed by atoms with Crippen LogP contribution < -0.4 is 13.6 Å². The van der Waals surface area contributed by atoms with Crippen LogP contribution in [0.4, 0.5) is 17.1 Å². The summed E-state index contributed by atoms with van der Waals surface area (Å²) in [6.07, 6.45) is 0.831. The second kappa shape index (κ2) is 11.0. The topological polar surface area (TPSA) is 225 Å². The Kier molecular flexibility index (Phi) is 7.88. The highest BCUT2D eigenvalue weighted by Crippen LogP contribution is 2.54. The smallest absolute Gasteiger partial charge is 0.379 e. The van der Waals surface area contributed by atoms with Crippen molar-refractivity contribution in [2.24, 2.45) is 0 Å². The predicted octanol–water partition coefficient (Wildman–Crippen LogP) is 4.49. The summed E-state index contributed by atoms with van der Waals surface area (Å²) in [4.78, 5) is 64.6. The molecule has 3 aromatic carbocycles. The van der Waals surface area contributed by atoms with E-state index >= 15 is 0 Å². The van der Waals surface area contributed by atoms with E-state index in [2.05, 4.69) is 0 Å². The number of rotatable bonds is 12. The highest BCUT2D eigenvalue weighted by atomic mass is 31.2. The van der Waals surface area contributed by atoms with Gasteiger partial charge < -0.3 is 13.6 Å². The number of hydrogen-bond acceptors (Lipinski definition) is 13. The summed E-state index contributed by atoms with van der Waals surface area (Å²) in [5, 5.41) is 34.5. The number of nitrogens with zero attached hydrogens (tertiary/aromatic N) is 3. The van der Waals surface area contributed by atoms with Crippen LogP contribution in [0.1, 0.15) is 31.1 Å². The molecule has 0 amide bonds. The number of nitro groups is 3. The molecule has 3 aromatic rings. The van der Waals surface area contributed by atoms with Crippen LogP contribution >= 0.6 is 7.82 Å². The van der Waals surface area contributed by atoms with Crippen LogP contribution in [0.2, 0.25) is 0 Å². The van der Waals surface area contributed by atoms with E-state index in [1.54, 1.807) is 0 Å². The SMILES string of the molecule is O=Cc1ccc(OP(=O)(Oc2ccc(C=O)cc2[N+](=O)[O-])Oc2ccc(C=O)cc2[N+](=O)[O-])c([N+](=O)[O-])c1. The molecule has 0 atom stereocenters. The van der Waals surface area contributed by atoms with Crippen molar-refractivity contribution >= 4 is 43.7 Å². The maximum absolute atomic E-state index is 13.8. The molecule has 16 nitrogen and oxygen atoms in total. The zero-order valence-electron chi connectivity index (χ0n) is 18.5. The fourth-order valence-corrected chi connectivity index (χ4v) is 4.20. The molecule has 0 aliphatic carbocycles. The number of nitro benzene ring substituents is 3. The van der Waals surface area contributed by atoms with Gasteiger partial charge in [-0.2, -0.15) is 4.57 Å². The summed E-state index contributed by atoms with van der Waals surface area (Å²) >= 11 is 0. The molecule has 0 fully saturated rings. The Morgan fingerprint density at radius 1 is 0.553 bits per heavy atom. The summed E-state index contributed by atoms with van der Waals surface area (Å²) in [6.45, 7) is 0. The molecule has 0 spiro atoms. The molecule has 38 heavy (non-hydrogen) atoms. The van der Waals surface area contributed by atoms with E-state index in [0.29, 0.717) is 0 Å². The third-order valence-electron chi connectivity index (χ3n) is 4.58. The first-order valence-electron chi connectivity index (χ1n) is 9.90. The van der Waals surface area contributed by atoms with Gasteiger partial charge in [-0.25, -0.2) is 0 Å². The van der Waals surface area contributed by atoms with Gasteiger partial charge >= 0.3 is 24.9 Å². The van der Waals surface area contributed by atoms with Crippen LogP contribution in [0, 0.1) is 30.3 Å². The lowest BCUT2D eigenvalue weighted by atomic mass is 10.2. The molecule has 0 bridgehead atoms. The number of phosphoric acid groups is 1. The van der Waals surface area contributed by atoms with Crippen LogP contribution in [0.15, 0.2) is 54.6 Å². The van der Waals surface area contributed by atoms with Crippen LogP contribution in [-0.4, -0.2) is 33.6 Å². The van der Waals surface area contributed by atoms with Crippen molar-refractivity contribution in [3.8, 4) is 17.2 Å². The van der Waals surface area contributed by atoms with Crippen LogP contribution in [-0.2, 0) is 4.57 Å². The molecular weight excluding hydrogens is 533 g/mol. The van der Waals surface area contributed by atoms with Crippen molar-refractivity contribution in [2.45, 2.75) is 0 Å². The summed E-state index contributed by atoms with van der Waals surface area (Å²) in [5.41, 5.74) is -3.17. The van der Waals surface area contributed by atoms with Gasteiger partial charge in [0.1, 0.15) is 18.9 Å². The Bertz CT molecular complexity index is 1360. The lowest BCUT2D eigenvalue weighted by molar-refractivity contribution is -0.385. The first-order valence-corrected chi connectivity index (χ1v) is 11.4. The fraction of sp³-hybridized carbons (Fsp3) is 0. The van der Waals surface area contributed by atoms with Crippen molar-refractivity contribution in [1.82, 2.24) is 0 Å². The number of carbonyl (C=O) groups is 3. The second-order valence-corrected chi connectivity index (χ2v) is 8.47. The fourth-order valence-electron chi connectivity index (χ4n) is 2.90. The molecule has 0 saturated carbocycles. The molecular formula is C21H12N3O13P. The lowest BCUT2D eigenvalue weighted by Crippen LogP contribution is -2.11. The summed E-state index contributed by atoms with van der Waals surface area (Å²) in [6, 6.07) is 7.98. The number of phosphoric ester groups is 1. The van der Waals surface area contributed by atoms with Crippen molar-refractivity contribution in [3.05, 3.63) is 102 Å². The number of hydrogen-bond donors (Lipinski definition) is 0. The number of aldehydes is 3. The van der Waals surface area contributed by atoms with Crippen LogP contribution in [0.3, 0.4) is 0 Å². The molecule has 3 rings (SSSR count). The summed E-state index contributed by atoms with van der Waals surface area (Å²) < 4.78 is 29.2. The van der Waals surface area contributed by atoms with Crippen molar-refractivity contribution < 1.29 is 47.3 Å². The predicted molar refractivity (Wildman–Crippen MR) is 125 cm³/mol. The third kappa shape index (κ3) is 6.00. The highest BCUT2D eigenvalue weighted by molar-refractivity contribution is 7.49. The minimum absolute atomic E-state index is 0.166. The van der Waals surface area contributed by atoms with Gasteiger partial charge in [0.15, 0.2) is 0 Å². The molecule has 194 valence electrons. The maximum atomic E-state index is 13.8. The lowest BCUT2D eigenvalue weighted by Gasteiger charge is -2.19. The Morgan fingerprint density at radius 2 is 0.816 bits per heavy atom. The molecule has 0 heterocycles. The monoisotopic (exact) mass is 545 g/mol. The van der Waals surface area contributed by atoms with Gasteiger partial charge in [0.25, 0.3) is 0 Å². The average molecular weight is 545 g/mol. The van der Waals surface area contributed by atoms with E-state index in [1.807, 2.05) is 0 Å². The Morgan fingerprint density at radius 3 is 1.03 bits per heavy atom. The zero-order chi connectivity index (χ0) is 28.0. The summed E-state index contributed by atoms with van der Waals surface area (Å²) in [5.74, 6) is -2.37. The van der Waals surface area contributed by atoms with Gasteiger partial charge in [-0.1, -0.05) is 0 Å². The van der Waals surface area contributed by atoms with Crippen LogP contribution in [0.25, 0.3) is 0 Å². The van der Waals surface area contributed by atoms with Crippen LogP contribution in [0.5, 0.6) is 17.2 Å². The maximum Gasteiger partial charge on any atom is 0.647 e. The van der Waals surface area contributed by atoms with E-state index in [9.17, 15) is 49.3 Å². The van der Waals surface area contributed by atoms with Crippen molar-refractivity contribution in [3.63, 3.8) is 0 Å². The Balaban J connectivity index is 2.19. The van der Waals surface area contributed by atoms with E-state index in [-0.39, 0.29) is 35.5 Å². The van der Waals surface area contributed by atoms with Crippen molar-refractivity contribution in [1.29, 1.82) is 0 Å². The molecule has 0 aliphatic heterocycles. The van der Waals surface area contributed by atoms with E-state index in [4.69, 9.17) is 13.6 Å². The molecule has 0 saturated heterocycles. The Hall–Kier alpha value is -5.50. The van der Waals surface area contributed by atoms with Gasteiger partial charge in [0.05, 0.1) is 14.8 Å². The number of carbonyl (C=O) groups excluding carboxylic acids is 3. The number of benzene rings is 3. The van der Waals surface area contributed by atoms with Crippen molar-refractivity contribution in [2.75, 3.05) is 0 Å². The quantitative estimate of drug-likeness (QED) is 0.132. The molecule has 0 aliphatic rings. The molecule has 0 N–H and O–H groups in total. The molecule has 17 heteroatoms. The summed E-state index contributed by atoms with van der Waals surface area (Å²) in [7, 11) is -5.33. The van der Waals surface area contributed by atoms with Gasteiger partial charge in [-0.15, -0.1) is 0 Å². The zero-order valence-corrected chi connectivity index (χ0v) is 19.4.